The van der Waals surface area contributed by atoms with Gasteiger partial charge in [0, 0.05) is 13.1 Å². The number of rotatable bonds is 6. The molecule has 2 aromatic rings. The van der Waals surface area contributed by atoms with Crippen LogP contribution in [0.4, 0.5) is 0 Å². The summed E-state index contributed by atoms with van der Waals surface area (Å²) in [5.74, 6) is 0. The molecular weight excluding hydrogens is 268 g/mol. The molecule has 3 rings (SSSR count). The number of nitrogens with zero attached hydrogens (tertiary/aromatic N) is 1. The summed E-state index contributed by atoms with van der Waals surface area (Å²) in [6.07, 6.45) is 2.07. The zero-order valence-electron chi connectivity index (χ0n) is 13.2. The maximum absolute atomic E-state index is 4.02. The first-order valence-electron chi connectivity index (χ1n) is 8.00. The average molecular weight is 292 g/mol. The third-order valence-electron chi connectivity index (χ3n) is 4.49. The van der Waals surface area contributed by atoms with E-state index in [1.165, 1.54) is 11.1 Å². The SMILES string of the molecule is C=CC1(NCC)CN(C(c2ccccc2)c2ccccc2)C1. The summed E-state index contributed by atoms with van der Waals surface area (Å²) in [4.78, 5) is 2.52. The summed E-state index contributed by atoms with van der Waals surface area (Å²) in [6.45, 7) is 9.15. The quantitative estimate of drug-likeness (QED) is 0.818. The summed E-state index contributed by atoms with van der Waals surface area (Å²) in [6, 6.07) is 21.8. The van der Waals surface area contributed by atoms with Crippen LogP contribution in [-0.4, -0.2) is 30.1 Å². The Labute approximate surface area is 133 Å². The molecule has 114 valence electrons. The van der Waals surface area contributed by atoms with Crippen molar-refractivity contribution in [2.24, 2.45) is 0 Å². The van der Waals surface area contributed by atoms with Crippen molar-refractivity contribution in [1.82, 2.24) is 10.2 Å². The van der Waals surface area contributed by atoms with Gasteiger partial charge in [-0.05, 0) is 17.7 Å². The van der Waals surface area contributed by atoms with Crippen molar-refractivity contribution in [2.75, 3.05) is 19.6 Å². The molecule has 2 nitrogen and oxygen atoms in total. The van der Waals surface area contributed by atoms with Crippen LogP contribution in [0, 0.1) is 0 Å². The summed E-state index contributed by atoms with van der Waals surface area (Å²) in [5.41, 5.74) is 2.77. The highest BCUT2D eigenvalue weighted by atomic mass is 15.3. The van der Waals surface area contributed by atoms with E-state index in [0.717, 1.165) is 19.6 Å². The molecule has 0 aromatic heterocycles. The Bertz CT molecular complexity index is 561. The van der Waals surface area contributed by atoms with E-state index in [2.05, 4.69) is 90.5 Å². The fourth-order valence-corrected chi connectivity index (χ4v) is 3.41. The van der Waals surface area contributed by atoms with Crippen LogP contribution in [0.1, 0.15) is 24.1 Å². The number of benzene rings is 2. The van der Waals surface area contributed by atoms with Gasteiger partial charge in [0.15, 0.2) is 0 Å². The first-order chi connectivity index (χ1) is 10.8. The van der Waals surface area contributed by atoms with E-state index < -0.39 is 0 Å². The monoisotopic (exact) mass is 292 g/mol. The van der Waals surface area contributed by atoms with Gasteiger partial charge in [0.2, 0.25) is 0 Å². The van der Waals surface area contributed by atoms with E-state index in [9.17, 15) is 0 Å². The average Bonchev–Trinajstić information content (AvgIpc) is 2.54. The largest absolute Gasteiger partial charge is 0.306 e. The van der Waals surface area contributed by atoms with Gasteiger partial charge in [-0.25, -0.2) is 0 Å². The number of nitrogens with one attached hydrogen (secondary N) is 1. The lowest BCUT2D eigenvalue weighted by molar-refractivity contribution is 0.0486. The molecule has 2 heteroatoms. The predicted molar refractivity (Wildman–Crippen MR) is 92.9 cm³/mol. The topological polar surface area (TPSA) is 15.3 Å². The number of hydrogen-bond donors (Lipinski definition) is 1. The predicted octanol–water partition coefficient (Wildman–Crippen LogP) is 3.63. The number of likely N-dealkylation sites (tertiary alicyclic amines) is 1. The van der Waals surface area contributed by atoms with Crippen LogP contribution in [0.2, 0.25) is 0 Å². The van der Waals surface area contributed by atoms with Gasteiger partial charge in [0.05, 0.1) is 11.6 Å². The molecule has 1 fully saturated rings. The third-order valence-corrected chi connectivity index (χ3v) is 4.49. The Morgan fingerprint density at radius 3 is 1.95 bits per heavy atom. The van der Waals surface area contributed by atoms with Crippen molar-refractivity contribution < 1.29 is 0 Å². The zero-order chi connectivity index (χ0) is 15.4. The highest BCUT2D eigenvalue weighted by molar-refractivity contribution is 5.34. The van der Waals surface area contributed by atoms with Gasteiger partial charge >= 0.3 is 0 Å². The molecule has 0 saturated carbocycles. The van der Waals surface area contributed by atoms with Gasteiger partial charge in [0.25, 0.3) is 0 Å². The third kappa shape index (κ3) is 2.85. The standard InChI is InChI=1S/C20H24N2/c1-3-20(21-4-2)15-22(16-20)19(17-11-7-5-8-12-17)18-13-9-6-10-14-18/h3,5-14,19,21H,1,4,15-16H2,2H3. The molecule has 0 radical (unpaired) electrons. The van der Waals surface area contributed by atoms with E-state index in [4.69, 9.17) is 0 Å². The van der Waals surface area contributed by atoms with E-state index >= 15 is 0 Å². The molecule has 1 saturated heterocycles. The van der Waals surface area contributed by atoms with E-state index in [0.29, 0.717) is 6.04 Å². The molecule has 0 unspecified atom stereocenters. The second-order valence-electron chi connectivity index (χ2n) is 6.02. The summed E-state index contributed by atoms with van der Waals surface area (Å²) in [7, 11) is 0. The zero-order valence-corrected chi connectivity index (χ0v) is 13.2. The second kappa shape index (κ2) is 6.47. The van der Waals surface area contributed by atoms with Crippen LogP contribution in [-0.2, 0) is 0 Å². The lowest BCUT2D eigenvalue weighted by Gasteiger charge is -2.52. The highest BCUT2D eigenvalue weighted by Crippen LogP contribution is 2.36. The second-order valence-corrected chi connectivity index (χ2v) is 6.02. The van der Waals surface area contributed by atoms with Crippen LogP contribution >= 0.6 is 0 Å². The minimum absolute atomic E-state index is 0.0660. The van der Waals surface area contributed by atoms with Crippen molar-refractivity contribution in [1.29, 1.82) is 0 Å². The smallest absolute Gasteiger partial charge is 0.0620 e. The Hall–Kier alpha value is -1.90. The molecule has 0 aliphatic carbocycles. The first kappa shape index (κ1) is 15.0. The van der Waals surface area contributed by atoms with E-state index in [1.807, 2.05) is 0 Å². The minimum Gasteiger partial charge on any atom is -0.306 e. The summed E-state index contributed by atoms with van der Waals surface area (Å²) in [5, 5.41) is 3.57. The maximum atomic E-state index is 4.02. The van der Waals surface area contributed by atoms with Crippen molar-refractivity contribution >= 4 is 0 Å². The lowest BCUT2D eigenvalue weighted by atomic mass is 9.84. The van der Waals surface area contributed by atoms with Gasteiger partial charge in [-0.2, -0.15) is 0 Å². The van der Waals surface area contributed by atoms with Crippen molar-refractivity contribution in [3.8, 4) is 0 Å². The molecule has 1 aliphatic heterocycles. The molecule has 2 aromatic carbocycles. The Balaban J connectivity index is 1.87. The van der Waals surface area contributed by atoms with Crippen LogP contribution in [0.5, 0.6) is 0 Å². The highest BCUT2D eigenvalue weighted by Gasteiger charge is 2.43. The molecule has 1 aliphatic rings. The molecular formula is C20H24N2. The van der Waals surface area contributed by atoms with Gasteiger partial charge in [0.1, 0.15) is 0 Å². The molecule has 0 amide bonds. The van der Waals surface area contributed by atoms with Crippen molar-refractivity contribution in [2.45, 2.75) is 18.5 Å². The molecule has 1 N–H and O–H groups in total. The number of hydrogen-bond acceptors (Lipinski definition) is 2. The fraction of sp³-hybridized carbons (Fsp3) is 0.300. The summed E-state index contributed by atoms with van der Waals surface area (Å²) >= 11 is 0. The normalized spacial score (nSPS) is 17.2. The Morgan fingerprint density at radius 1 is 1.05 bits per heavy atom. The van der Waals surface area contributed by atoms with Crippen molar-refractivity contribution in [3.63, 3.8) is 0 Å². The molecule has 0 atom stereocenters. The molecule has 1 heterocycles. The van der Waals surface area contributed by atoms with Crippen molar-refractivity contribution in [3.05, 3.63) is 84.4 Å². The van der Waals surface area contributed by atoms with Gasteiger partial charge in [-0.3, -0.25) is 4.90 Å². The Kier molecular flexibility index (Phi) is 4.41. The first-order valence-corrected chi connectivity index (χ1v) is 8.00. The fourth-order valence-electron chi connectivity index (χ4n) is 3.41. The van der Waals surface area contributed by atoms with Crippen LogP contribution in [0.25, 0.3) is 0 Å². The van der Waals surface area contributed by atoms with Crippen LogP contribution in [0.15, 0.2) is 73.3 Å². The number of likely N-dealkylation sites (N-methyl/N-ethyl adjacent to an activating group) is 1. The maximum Gasteiger partial charge on any atom is 0.0620 e. The van der Waals surface area contributed by atoms with Gasteiger partial charge in [-0.1, -0.05) is 73.7 Å². The molecule has 0 spiro atoms. The molecule has 22 heavy (non-hydrogen) atoms. The van der Waals surface area contributed by atoms with Gasteiger partial charge < -0.3 is 5.32 Å². The lowest BCUT2D eigenvalue weighted by Crippen LogP contribution is -2.68. The minimum atomic E-state index is 0.0660. The Morgan fingerprint density at radius 2 is 1.55 bits per heavy atom. The van der Waals surface area contributed by atoms with Crippen LogP contribution < -0.4 is 5.32 Å². The van der Waals surface area contributed by atoms with Gasteiger partial charge in [-0.15, -0.1) is 6.58 Å². The summed E-state index contributed by atoms with van der Waals surface area (Å²) < 4.78 is 0. The molecule has 0 bridgehead atoms. The van der Waals surface area contributed by atoms with E-state index in [1.54, 1.807) is 0 Å². The van der Waals surface area contributed by atoms with E-state index in [-0.39, 0.29) is 5.54 Å². The van der Waals surface area contributed by atoms with Crippen LogP contribution in [0.3, 0.4) is 0 Å².